The Morgan fingerprint density at radius 2 is 2.13 bits per heavy atom. The van der Waals surface area contributed by atoms with Crippen molar-refractivity contribution in [3.8, 4) is 0 Å². The summed E-state index contributed by atoms with van der Waals surface area (Å²) in [4.78, 5) is 13.4. The minimum atomic E-state index is -0.379. The van der Waals surface area contributed by atoms with Crippen LogP contribution < -0.4 is 0 Å². The summed E-state index contributed by atoms with van der Waals surface area (Å²) in [5.41, 5.74) is 0.694. The van der Waals surface area contributed by atoms with Crippen molar-refractivity contribution in [2.24, 2.45) is 0 Å². The molecule has 1 aromatic carbocycles. The average molecular weight is 227 g/mol. The molecule has 1 unspecified atom stereocenters. The number of halogens is 1. The minimum Gasteiger partial charge on any atom is -0.295 e. The topological polar surface area (TPSA) is 20.3 Å². The summed E-state index contributed by atoms with van der Waals surface area (Å²) in [6.07, 6.45) is 1.73. The van der Waals surface area contributed by atoms with Gasteiger partial charge < -0.3 is 0 Å². The zero-order chi connectivity index (χ0) is 11.4. The maximum absolute atomic E-state index is 13.0. The van der Waals surface area contributed by atoms with Gasteiger partial charge in [0.2, 0.25) is 5.12 Å². The highest BCUT2D eigenvalue weighted by atomic mass is 32.2. The molecule has 4 heteroatoms. The maximum atomic E-state index is 13.0. The minimum absolute atomic E-state index is 0.0191. The quantitative estimate of drug-likeness (QED) is 0.790. The number of carbonyl (C=O) groups is 1. The van der Waals surface area contributed by atoms with Gasteiger partial charge in [-0.15, -0.1) is 0 Å². The Bertz CT molecular complexity index is 354. The summed E-state index contributed by atoms with van der Waals surface area (Å²) < 4.78 is 13.0. The lowest BCUT2D eigenvalue weighted by Gasteiger charge is -2.22. The Morgan fingerprint density at radius 3 is 2.60 bits per heavy atom. The number of rotatable bonds is 3. The number of likely N-dealkylation sites (N-methyl/N-ethyl adjacent to an activating group) is 1. The molecule has 0 amide bonds. The van der Waals surface area contributed by atoms with Gasteiger partial charge in [-0.3, -0.25) is 9.69 Å². The predicted molar refractivity (Wildman–Crippen MR) is 61.4 cm³/mol. The van der Waals surface area contributed by atoms with E-state index in [0.717, 1.165) is 11.8 Å². The molecule has 0 aliphatic carbocycles. The Morgan fingerprint density at radius 1 is 1.47 bits per heavy atom. The zero-order valence-electron chi connectivity index (χ0n) is 9.03. The summed E-state index contributed by atoms with van der Waals surface area (Å²) >= 11 is 1.16. The Kier molecular flexibility index (Phi) is 4.29. The van der Waals surface area contributed by atoms with Crippen LogP contribution in [0, 0.1) is 5.82 Å². The summed E-state index contributed by atoms with van der Waals surface area (Å²) in [6, 6.07) is 5.78. The van der Waals surface area contributed by atoms with Crippen molar-refractivity contribution >= 4 is 16.9 Å². The van der Waals surface area contributed by atoms with Gasteiger partial charge in [-0.2, -0.15) is 0 Å². The van der Waals surface area contributed by atoms with Crippen LogP contribution >= 0.6 is 11.8 Å². The lowest BCUT2D eigenvalue weighted by Crippen LogP contribution is -2.25. The van der Waals surface area contributed by atoms with Gasteiger partial charge in [0, 0.05) is 0 Å². The van der Waals surface area contributed by atoms with Crippen LogP contribution in [0.5, 0.6) is 0 Å². The van der Waals surface area contributed by atoms with Gasteiger partial charge in [0.1, 0.15) is 11.9 Å². The summed E-state index contributed by atoms with van der Waals surface area (Å²) in [6.45, 7) is 0. The van der Waals surface area contributed by atoms with E-state index in [1.54, 1.807) is 23.3 Å². The van der Waals surface area contributed by atoms with E-state index in [2.05, 4.69) is 0 Å². The van der Waals surface area contributed by atoms with Crippen LogP contribution in [-0.4, -0.2) is 30.4 Å². The molecule has 1 atom stereocenters. The van der Waals surface area contributed by atoms with E-state index in [0.29, 0.717) is 5.56 Å². The molecule has 0 saturated carbocycles. The van der Waals surface area contributed by atoms with Crippen LogP contribution in [0.15, 0.2) is 24.3 Å². The molecule has 0 aromatic heterocycles. The van der Waals surface area contributed by atoms with Crippen molar-refractivity contribution in [1.82, 2.24) is 4.90 Å². The molecule has 0 radical (unpaired) electrons. The van der Waals surface area contributed by atoms with Crippen molar-refractivity contribution in [2.45, 2.75) is 6.04 Å². The summed E-state index contributed by atoms with van der Waals surface area (Å²) in [7, 11) is 3.62. The SMILES string of the molecule is CSC(=O)C(c1cccc(F)c1)N(C)C. The molecule has 0 aliphatic rings. The maximum Gasteiger partial charge on any atom is 0.210 e. The number of nitrogens with zero attached hydrogens (tertiary/aromatic N) is 1. The highest BCUT2D eigenvalue weighted by Crippen LogP contribution is 2.23. The van der Waals surface area contributed by atoms with Crippen LogP contribution in [0.3, 0.4) is 0 Å². The lowest BCUT2D eigenvalue weighted by atomic mass is 10.1. The largest absolute Gasteiger partial charge is 0.295 e. The first-order valence-electron chi connectivity index (χ1n) is 4.56. The summed E-state index contributed by atoms with van der Waals surface area (Å²) in [5, 5.41) is 0.0191. The second-order valence-electron chi connectivity index (χ2n) is 3.44. The summed E-state index contributed by atoms with van der Waals surface area (Å²) in [5.74, 6) is -0.312. The number of hydrogen-bond donors (Lipinski definition) is 0. The molecule has 1 rings (SSSR count). The first kappa shape index (κ1) is 12.2. The Hall–Kier alpha value is -0.870. The molecule has 0 fully saturated rings. The van der Waals surface area contributed by atoms with Gasteiger partial charge in [-0.25, -0.2) is 4.39 Å². The molecule has 15 heavy (non-hydrogen) atoms. The second-order valence-corrected chi connectivity index (χ2v) is 4.25. The highest BCUT2D eigenvalue weighted by Gasteiger charge is 2.22. The monoisotopic (exact) mass is 227 g/mol. The molecule has 1 aromatic rings. The molecule has 0 heterocycles. The Labute approximate surface area is 93.5 Å². The van der Waals surface area contributed by atoms with Gasteiger partial charge in [0.15, 0.2) is 0 Å². The van der Waals surface area contributed by atoms with Crippen molar-refractivity contribution in [2.75, 3.05) is 20.4 Å². The van der Waals surface area contributed by atoms with Crippen LogP contribution in [-0.2, 0) is 4.79 Å². The molecule has 0 N–H and O–H groups in total. The number of hydrogen-bond acceptors (Lipinski definition) is 3. The van der Waals surface area contributed by atoms with E-state index < -0.39 is 0 Å². The van der Waals surface area contributed by atoms with Crippen molar-refractivity contribution in [1.29, 1.82) is 0 Å². The van der Waals surface area contributed by atoms with E-state index >= 15 is 0 Å². The number of benzene rings is 1. The van der Waals surface area contributed by atoms with E-state index in [4.69, 9.17) is 0 Å². The van der Waals surface area contributed by atoms with Crippen LogP contribution in [0.2, 0.25) is 0 Å². The lowest BCUT2D eigenvalue weighted by molar-refractivity contribution is -0.115. The van der Waals surface area contributed by atoms with Gasteiger partial charge in [0.05, 0.1) is 0 Å². The zero-order valence-corrected chi connectivity index (χ0v) is 9.84. The molecular formula is C11H14FNOS. The van der Waals surface area contributed by atoms with E-state index in [9.17, 15) is 9.18 Å². The van der Waals surface area contributed by atoms with Gasteiger partial charge in [-0.1, -0.05) is 23.9 Å². The van der Waals surface area contributed by atoms with Gasteiger partial charge in [0.25, 0.3) is 0 Å². The third-order valence-electron chi connectivity index (χ3n) is 2.11. The van der Waals surface area contributed by atoms with Gasteiger partial charge in [-0.05, 0) is 38.0 Å². The van der Waals surface area contributed by atoms with Gasteiger partial charge >= 0.3 is 0 Å². The second kappa shape index (κ2) is 5.28. The number of thioether (sulfide) groups is 1. The molecule has 0 saturated heterocycles. The molecule has 0 bridgehead atoms. The highest BCUT2D eigenvalue weighted by molar-refractivity contribution is 8.13. The molecule has 82 valence electrons. The van der Waals surface area contributed by atoms with Crippen molar-refractivity contribution in [3.05, 3.63) is 35.6 Å². The fraction of sp³-hybridized carbons (Fsp3) is 0.364. The standard InChI is InChI=1S/C11H14FNOS/c1-13(2)10(11(14)15-3)8-5-4-6-9(12)7-8/h4-7,10H,1-3H3. The molecule has 2 nitrogen and oxygen atoms in total. The molecule has 0 spiro atoms. The first-order chi connectivity index (χ1) is 7.06. The smallest absolute Gasteiger partial charge is 0.210 e. The van der Waals surface area contributed by atoms with Crippen molar-refractivity contribution in [3.63, 3.8) is 0 Å². The van der Waals surface area contributed by atoms with Crippen molar-refractivity contribution < 1.29 is 9.18 Å². The molecular weight excluding hydrogens is 213 g/mol. The van der Waals surface area contributed by atoms with E-state index in [1.807, 2.05) is 14.1 Å². The Balaban J connectivity index is 3.04. The average Bonchev–Trinajstić information content (AvgIpc) is 2.17. The third kappa shape index (κ3) is 3.04. The predicted octanol–water partition coefficient (Wildman–Crippen LogP) is 2.32. The number of carbonyl (C=O) groups excluding carboxylic acids is 1. The van der Waals surface area contributed by atoms with Crippen LogP contribution in [0.4, 0.5) is 4.39 Å². The van der Waals surface area contributed by atoms with E-state index in [-0.39, 0.29) is 17.0 Å². The fourth-order valence-electron chi connectivity index (χ4n) is 1.43. The normalized spacial score (nSPS) is 12.9. The van der Waals surface area contributed by atoms with Crippen LogP contribution in [0.25, 0.3) is 0 Å². The third-order valence-corrected chi connectivity index (χ3v) is 2.73. The fourth-order valence-corrected chi connectivity index (χ4v) is 2.00. The van der Waals surface area contributed by atoms with E-state index in [1.165, 1.54) is 12.1 Å². The first-order valence-corrected chi connectivity index (χ1v) is 5.78. The molecule has 0 aliphatic heterocycles. The van der Waals surface area contributed by atoms with Crippen LogP contribution in [0.1, 0.15) is 11.6 Å².